The summed E-state index contributed by atoms with van der Waals surface area (Å²) >= 11 is 0. The second kappa shape index (κ2) is 4.29. The van der Waals surface area contributed by atoms with Gasteiger partial charge in [-0.05, 0) is 74.5 Å². The Morgan fingerprint density at radius 1 is 1.39 bits per heavy atom. The highest BCUT2D eigenvalue weighted by atomic mass is 16.3. The second-order valence-corrected chi connectivity index (χ2v) is 8.70. The smallest absolute Gasteiger partial charge is 0.241 e. The summed E-state index contributed by atoms with van der Waals surface area (Å²) in [4.78, 5) is 14.7. The van der Waals surface area contributed by atoms with E-state index in [2.05, 4.69) is 0 Å². The van der Waals surface area contributed by atoms with Crippen LogP contribution in [0.1, 0.15) is 55.4 Å². The molecule has 6 fully saturated rings. The highest BCUT2D eigenvalue weighted by Crippen LogP contribution is 2.63. The number of aliphatic hydroxyl groups is 1. The lowest BCUT2D eigenvalue weighted by Gasteiger charge is -2.61. The number of rotatable bonds is 2. The molecule has 6 atom stereocenters. The summed E-state index contributed by atoms with van der Waals surface area (Å²) < 4.78 is 25.3. The first-order valence-electron chi connectivity index (χ1n) is 10.3. The normalized spacial score (nSPS) is 59.3. The van der Waals surface area contributed by atoms with E-state index in [4.69, 9.17) is 9.85 Å². The van der Waals surface area contributed by atoms with Gasteiger partial charge in [0.25, 0.3) is 0 Å². The van der Waals surface area contributed by atoms with Crippen molar-refractivity contribution in [2.24, 2.45) is 28.9 Å². The van der Waals surface area contributed by atoms with Crippen LogP contribution in [0.3, 0.4) is 0 Å². The number of nitrogens with zero attached hydrogens (tertiary/aromatic N) is 2. The molecule has 0 aromatic carbocycles. The van der Waals surface area contributed by atoms with E-state index in [9.17, 15) is 15.2 Å². The van der Waals surface area contributed by atoms with Gasteiger partial charge in [0, 0.05) is 8.78 Å². The second-order valence-electron chi connectivity index (χ2n) is 8.70. The topological polar surface area (TPSA) is 90.3 Å². The molecular formula is C18H25N3O2. The highest BCUT2D eigenvalue weighted by molar-refractivity contribution is 5.84. The van der Waals surface area contributed by atoms with Crippen molar-refractivity contribution in [3.63, 3.8) is 0 Å². The number of hydrogen-bond acceptors (Lipinski definition) is 4. The van der Waals surface area contributed by atoms with Crippen molar-refractivity contribution in [3.8, 4) is 6.07 Å². The number of likely N-dealkylation sites (tertiary alicyclic amines) is 1. The Kier molecular flexibility index (Phi) is 2.13. The predicted molar refractivity (Wildman–Crippen MR) is 82.8 cm³/mol. The zero-order valence-corrected chi connectivity index (χ0v) is 13.2. The number of hydrogen-bond donors (Lipinski definition) is 2. The Bertz CT molecular complexity index is 720. The minimum absolute atomic E-state index is 0.299. The summed E-state index contributed by atoms with van der Waals surface area (Å²) in [7, 11) is 0. The number of amides is 1. The van der Waals surface area contributed by atoms with Crippen molar-refractivity contribution in [2.75, 3.05) is 0 Å². The molecule has 2 unspecified atom stereocenters. The lowest BCUT2D eigenvalue weighted by molar-refractivity contribution is -0.177. The molecule has 0 spiro atoms. The van der Waals surface area contributed by atoms with Crippen molar-refractivity contribution in [3.05, 3.63) is 0 Å². The summed E-state index contributed by atoms with van der Waals surface area (Å²) in [6.07, 6.45) is 2.99. The van der Waals surface area contributed by atoms with Crippen molar-refractivity contribution >= 4 is 5.91 Å². The molecule has 5 aliphatic carbocycles. The third-order valence-corrected chi connectivity index (χ3v) is 6.95. The first kappa shape index (κ1) is 11.4. The minimum atomic E-state index is -1.93. The van der Waals surface area contributed by atoms with Gasteiger partial charge in [-0.1, -0.05) is 0 Å². The van der Waals surface area contributed by atoms with Crippen molar-refractivity contribution in [1.29, 1.82) is 5.26 Å². The van der Waals surface area contributed by atoms with Gasteiger partial charge in [-0.25, -0.2) is 0 Å². The average molecular weight is 318 g/mol. The number of carbonyl (C=O) groups is 1. The zero-order chi connectivity index (χ0) is 18.7. The molecule has 0 aromatic rings. The van der Waals surface area contributed by atoms with Crippen molar-refractivity contribution < 1.29 is 14.0 Å². The van der Waals surface area contributed by atoms with Crippen molar-refractivity contribution in [1.82, 2.24) is 4.90 Å². The Hall–Kier alpha value is -1.12. The van der Waals surface area contributed by atoms with Crippen LogP contribution in [0.5, 0.6) is 0 Å². The maximum atomic E-state index is 13.4. The van der Waals surface area contributed by atoms with Gasteiger partial charge in [0.2, 0.25) is 5.91 Å². The summed E-state index contributed by atoms with van der Waals surface area (Å²) in [5.74, 6) is -0.350. The Labute approximate surface area is 141 Å². The van der Waals surface area contributed by atoms with Crippen LogP contribution in [0.15, 0.2) is 0 Å². The molecule has 0 radical (unpaired) electrons. The van der Waals surface area contributed by atoms with Gasteiger partial charge in [-0.15, -0.1) is 0 Å². The fourth-order valence-electron chi connectivity index (χ4n) is 6.41. The van der Waals surface area contributed by atoms with E-state index in [1.165, 1.54) is 4.90 Å². The zero-order valence-electron chi connectivity index (χ0n) is 16.2. The number of carbonyl (C=O) groups excluding carboxylic acids is 1. The molecule has 124 valence electrons. The quantitative estimate of drug-likeness (QED) is 0.799. The standard InChI is InChI=1S/C18H25N3O2/c19-8-13-2-12-3-14(12)21(13)16(22)15(20)17-4-10-1-11(5-17)7-18(23,6-10)9-17/h10-15,23H,1-7,9,20H2/t10?,11?,12-,13+,14+,15+,17?,18?/m1/s1/i2D2,15D. The van der Waals surface area contributed by atoms with Crippen LogP contribution in [0, 0.1) is 34.5 Å². The maximum absolute atomic E-state index is 13.4. The van der Waals surface area contributed by atoms with Crippen LogP contribution in [0.4, 0.5) is 0 Å². The van der Waals surface area contributed by atoms with Gasteiger partial charge in [0.15, 0.2) is 0 Å². The largest absolute Gasteiger partial charge is 0.390 e. The van der Waals surface area contributed by atoms with Crippen LogP contribution in [0.25, 0.3) is 0 Å². The third-order valence-electron chi connectivity index (χ3n) is 6.95. The van der Waals surface area contributed by atoms with Gasteiger partial charge in [0.05, 0.1) is 19.1 Å². The SMILES string of the molecule is [2H]C1([2H])[C@@H]2C[C@@H]2N(C(=O)[C@]([2H])(N)C23CC4CC(CC(O)(C4)C2)C3)[C@@H]1C#N. The van der Waals surface area contributed by atoms with Gasteiger partial charge < -0.3 is 15.7 Å². The highest BCUT2D eigenvalue weighted by Gasteiger charge is 2.62. The Morgan fingerprint density at radius 2 is 2.09 bits per heavy atom. The van der Waals surface area contributed by atoms with E-state index in [0.717, 1.165) is 19.3 Å². The fraction of sp³-hybridized carbons (Fsp3) is 0.889. The van der Waals surface area contributed by atoms with Crippen LogP contribution >= 0.6 is 0 Å². The van der Waals surface area contributed by atoms with E-state index in [0.29, 0.717) is 37.5 Å². The molecule has 6 rings (SSSR count). The lowest BCUT2D eigenvalue weighted by atomic mass is 9.46. The molecule has 23 heavy (non-hydrogen) atoms. The summed E-state index contributed by atoms with van der Waals surface area (Å²) in [5, 5.41) is 20.4. The molecule has 6 aliphatic rings. The average Bonchev–Trinajstić information content (AvgIpc) is 3.26. The maximum Gasteiger partial charge on any atom is 0.241 e. The minimum Gasteiger partial charge on any atom is -0.390 e. The Balaban J connectivity index is 1.50. The molecule has 0 aromatic heterocycles. The molecule has 1 amide bonds. The van der Waals surface area contributed by atoms with E-state index >= 15 is 0 Å². The van der Waals surface area contributed by atoms with E-state index in [1.54, 1.807) is 0 Å². The lowest BCUT2D eigenvalue weighted by Crippen LogP contribution is -2.64. The monoisotopic (exact) mass is 318 g/mol. The molecule has 5 saturated carbocycles. The number of nitrogens with two attached hydrogens (primary N) is 1. The molecule has 5 heteroatoms. The van der Waals surface area contributed by atoms with Gasteiger partial charge in [-0.3, -0.25) is 4.79 Å². The molecule has 4 bridgehead atoms. The third kappa shape index (κ3) is 1.88. The number of fused-ring (bicyclic) bond motifs is 1. The summed E-state index contributed by atoms with van der Waals surface area (Å²) in [5.41, 5.74) is 4.81. The van der Waals surface area contributed by atoms with Crippen LogP contribution in [-0.4, -0.2) is 39.6 Å². The summed E-state index contributed by atoms with van der Waals surface area (Å²) in [6.45, 7) is 0. The molecule has 1 heterocycles. The van der Waals surface area contributed by atoms with E-state index in [1.807, 2.05) is 6.07 Å². The number of piperidine rings is 1. The van der Waals surface area contributed by atoms with E-state index < -0.39 is 35.4 Å². The van der Waals surface area contributed by atoms with Gasteiger partial charge in [-0.2, -0.15) is 5.26 Å². The number of nitriles is 1. The molecule has 1 aliphatic heterocycles. The van der Waals surface area contributed by atoms with E-state index in [-0.39, 0.29) is 12.0 Å². The molecule has 5 nitrogen and oxygen atoms in total. The predicted octanol–water partition coefficient (Wildman–Crippen LogP) is 1.16. The summed E-state index contributed by atoms with van der Waals surface area (Å²) in [6, 6.07) is -1.48. The van der Waals surface area contributed by atoms with Crippen LogP contribution in [0.2, 0.25) is 0 Å². The first-order valence-corrected chi connectivity index (χ1v) is 8.77. The fourth-order valence-corrected chi connectivity index (χ4v) is 6.41. The van der Waals surface area contributed by atoms with Crippen LogP contribution in [-0.2, 0) is 4.79 Å². The first-order chi connectivity index (χ1) is 12.0. The van der Waals surface area contributed by atoms with Gasteiger partial charge >= 0.3 is 0 Å². The molecule has 3 N–H and O–H groups in total. The van der Waals surface area contributed by atoms with Crippen molar-refractivity contribution in [2.45, 2.75) is 75.0 Å². The Morgan fingerprint density at radius 3 is 2.70 bits per heavy atom. The molecule has 1 saturated heterocycles. The molecular weight excluding hydrogens is 290 g/mol. The van der Waals surface area contributed by atoms with Crippen LogP contribution < -0.4 is 5.73 Å². The van der Waals surface area contributed by atoms with Gasteiger partial charge in [0.1, 0.15) is 6.04 Å².